The second-order valence-electron chi connectivity index (χ2n) is 3.68. The molecule has 0 aromatic heterocycles. The van der Waals surface area contributed by atoms with E-state index in [1.54, 1.807) is 0 Å². The van der Waals surface area contributed by atoms with Gasteiger partial charge in [-0.15, -0.1) is 0 Å². The molecule has 52 valence electrons. The first kappa shape index (κ1) is 3.76. The van der Waals surface area contributed by atoms with Crippen LogP contribution in [0.1, 0.15) is 22.5 Å². The summed E-state index contributed by atoms with van der Waals surface area (Å²) in [7, 11) is 0. The predicted octanol–water partition coefficient (Wildman–Crippen LogP) is 2.00. The minimum Gasteiger partial charge on any atom is -0.0834 e. The van der Waals surface area contributed by atoms with Crippen molar-refractivity contribution in [2.24, 2.45) is 23.2 Å². The van der Waals surface area contributed by atoms with E-state index in [2.05, 4.69) is 10.9 Å². The lowest BCUT2D eigenvalue weighted by Gasteiger charge is -1.77. The molecule has 5 atom stereocenters. The van der Waals surface area contributed by atoms with Crippen molar-refractivity contribution in [3.05, 3.63) is 4.85 Å². The maximum absolute atomic E-state index is 7.28. The van der Waals surface area contributed by atoms with Crippen LogP contribution in [0.3, 0.4) is 0 Å². The first-order valence-corrected chi connectivity index (χ1v) is 3.94. The van der Waals surface area contributed by atoms with E-state index in [1.165, 1.54) is 6.42 Å². The van der Waals surface area contributed by atoms with Crippen molar-refractivity contribution in [1.29, 1.82) is 0 Å². The number of nitrogens with zero attached hydrogens (tertiary/aromatic N) is 1. The summed E-state index contributed by atoms with van der Waals surface area (Å²) >= 11 is 0. The average Bonchev–Trinajstić information content (AvgIpc) is 2.92. The SMILES string of the molecule is [3H]CC([3H])C[N+]#CC1C2C3CC132. The molecule has 3 rings (SSSR count). The molecule has 3 aliphatic rings. The van der Waals surface area contributed by atoms with E-state index < -0.39 is 0 Å². The fourth-order valence-corrected chi connectivity index (χ4v) is 2.38. The first-order valence-electron chi connectivity index (χ1n) is 5.22. The van der Waals surface area contributed by atoms with Crippen LogP contribution in [0.2, 0.25) is 0 Å². The summed E-state index contributed by atoms with van der Waals surface area (Å²) in [6, 6.07) is 3.13. The van der Waals surface area contributed by atoms with Crippen LogP contribution in [0, 0.1) is 29.2 Å². The molecule has 0 bridgehead atoms. The van der Waals surface area contributed by atoms with Crippen molar-refractivity contribution in [1.82, 2.24) is 0 Å². The summed E-state index contributed by atoms with van der Waals surface area (Å²) in [5, 5.41) is 0. The van der Waals surface area contributed by atoms with E-state index in [0.717, 1.165) is 17.3 Å². The van der Waals surface area contributed by atoms with Crippen molar-refractivity contribution in [3.63, 3.8) is 0 Å². The number of rotatable bonds is 1. The Labute approximate surface area is 64.1 Å². The Bertz CT molecular complexity index is 293. The minimum atomic E-state index is -0.333. The van der Waals surface area contributed by atoms with E-state index in [0.29, 0.717) is 12.5 Å². The molecule has 0 aliphatic heterocycles. The second-order valence-corrected chi connectivity index (χ2v) is 3.68. The van der Waals surface area contributed by atoms with Gasteiger partial charge in [-0.1, -0.05) is 11.7 Å². The summed E-state index contributed by atoms with van der Waals surface area (Å²) in [6.45, 7) is 0.639. The predicted molar refractivity (Wildman–Crippen MR) is 39.9 cm³/mol. The van der Waals surface area contributed by atoms with E-state index in [-0.39, 0.29) is 13.3 Å². The lowest BCUT2D eigenvalue weighted by molar-refractivity contribution is 0.741. The van der Waals surface area contributed by atoms with Crippen LogP contribution < -0.4 is 0 Å². The molecule has 0 radical (unpaired) electrons. The van der Waals surface area contributed by atoms with Gasteiger partial charge in [0.05, 0.1) is 0 Å². The fourth-order valence-electron chi connectivity index (χ4n) is 2.38. The highest BCUT2D eigenvalue weighted by Gasteiger charge is 2.99. The third-order valence-corrected chi connectivity index (χ3v) is 3.33. The maximum Gasteiger partial charge on any atom is 0.277 e. The van der Waals surface area contributed by atoms with Crippen molar-refractivity contribution >= 4 is 0 Å². The highest BCUT2D eigenvalue weighted by molar-refractivity contribution is 5.49. The van der Waals surface area contributed by atoms with Crippen molar-refractivity contribution in [2.45, 2.75) is 19.7 Å². The summed E-state index contributed by atoms with van der Waals surface area (Å²) in [6.07, 6.45) is 1.09. The normalized spacial score (nSPS) is 63.4. The molecule has 3 saturated carbocycles. The third-order valence-electron chi connectivity index (χ3n) is 3.33. The van der Waals surface area contributed by atoms with E-state index in [4.69, 9.17) is 2.74 Å². The molecule has 0 aromatic carbocycles. The van der Waals surface area contributed by atoms with E-state index in [1.807, 2.05) is 0 Å². The third kappa shape index (κ3) is 0.363. The lowest BCUT2D eigenvalue weighted by atomic mass is 10.2. The molecule has 1 heteroatoms. The van der Waals surface area contributed by atoms with Gasteiger partial charge in [0.1, 0.15) is 5.92 Å². The molecule has 3 fully saturated rings. The zero-order valence-electron chi connectivity index (χ0n) is 7.88. The van der Waals surface area contributed by atoms with Gasteiger partial charge in [-0.05, 0) is 23.7 Å². The summed E-state index contributed by atoms with van der Waals surface area (Å²) in [5.74, 6) is 2.69. The number of hydrogen-bond acceptors (Lipinski definition) is 0. The van der Waals surface area contributed by atoms with Gasteiger partial charge in [-0.2, -0.15) is 0 Å². The molecule has 0 saturated heterocycles. The monoisotopic (exact) mass is 138 g/mol. The van der Waals surface area contributed by atoms with Crippen LogP contribution in [-0.2, 0) is 0 Å². The molecule has 0 amide bonds. The van der Waals surface area contributed by atoms with Gasteiger partial charge in [0, 0.05) is 9.14 Å². The quantitative estimate of drug-likeness (QED) is 0.522. The maximum atomic E-state index is 7.28. The van der Waals surface area contributed by atoms with Crippen LogP contribution >= 0.6 is 0 Å². The highest BCUT2D eigenvalue weighted by Crippen LogP contribution is 3.00. The van der Waals surface area contributed by atoms with Gasteiger partial charge < -0.3 is 0 Å². The largest absolute Gasteiger partial charge is 0.277 e. The number of hydrogen-bond donors (Lipinski definition) is 0. The second kappa shape index (κ2) is 1.25. The van der Waals surface area contributed by atoms with Crippen molar-refractivity contribution in [3.8, 4) is 6.07 Å². The lowest BCUT2D eigenvalue weighted by Crippen LogP contribution is -1.82. The van der Waals surface area contributed by atoms with Crippen molar-refractivity contribution in [2.75, 3.05) is 6.54 Å². The molecule has 1 spiro atoms. The van der Waals surface area contributed by atoms with Crippen LogP contribution in [0.4, 0.5) is 0 Å². The molecule has 0 N–H and O–H groups in total. The molecule has 10 heavy (non-hydrogen) atoms. The zero-order valence-corrected chi connectivity index (χ0v) is 5.88. The Morgan fingerprint density at radius 3 is 3.50 bits per heavy atom. The van der Waals surface area contributed by atoms with Crippen LogP contribution in [0.15, 0.2) is 0 Å². The molecular weight excluding hydrogens is 122 g/mol. The Balaban J connectivity index is 1.48. The van der Waals surface area contributed by atoms with E-state index >= 15 is 0 Å². The van der Waals surface area contributed by atoms with Crippen LogP contribution in [0.5, 0.6) is 0 Å². The van der Waals surface area contributed by atoms with Crippen LogP contribution in [-0.4, -0.2) is 6.54 Å². The Hall–Kier alpha value is -0.510. The molecule has 3 aliphatic carbocycles. The molecule has 0 heterocycles. The topological polar surface area (TPSA) is 4.36 Å². The fraction of sp³-hybridized carbons (Fsp3) is 0.889. The number of fused-ring (bicyclic) bond motifs is 1. The zero-order chi connectivity index (χ0) is 8.34. The molecule has 1 nitrogen and oxygen atoms in total. The Morgan fingerprint density at radius 1 is 2.00 bits per heavy atom. The van der Waals surface area contributed by atoms with Gasteiger partial charge in [0.15, 0.2) is 0 Å². The average molecular weight is 138 g/mol. The van der Waals surface area contributed by atoms with Crippen LogP contribution in [0.25, 0.3) is 4.85 Å². The molecule has 0 aromatic rings. The molecule has 5 unspecified atom stereocenters. The Kier molecular flexibility index (Phi) is 0.471. The van der Waals surface area contributed by atoms with Gasteiger partial charge in [-0.3, -0.25) is 0 Å². The van der Waals surface area contributed by atoms with Gasteiger partial charge in [0.25, 0.3) is 12.6 Å². The molecular formula is C9H12N+. The van der Waals surface area contributed by atoms with Crippen molar-refractivity contribution < 1.29 is 2.74 Å². The summed E-state index contributed by atoms with van der Waals surface area (Å²) in [4.78, 5) is 4.10. The first-order chi connectivity index (χ1) is 5.80. The van der Waals surface area contributed by atoms with Gasteiger partial charge in [0.2, 0.25) is 0 Å². The smallest absolute Gasteiger partial charge is 0.0834 e. The standard InChI is InChI=1S/C9H12N/c1-2-3-10-5-7-8-6-4-9(6,7)8/h6-8H,2-4H2,1H3/q+1/i1T,2T. The Morgan fingerprint density at radius 2 is 2.90 bits per heavy atom. The summed E-state index contributed by atoms with van der Waals surface area (Å²) < 4.78 is 14.2. The van der Waals surface area contributed by atoms with Gasteiger partial charge in [-0.25, -0.2) is 0 Å². The minimum absolute atomic E-state index is 0.160. The van der Waals surface area contributed by atoms with E-state index in [9.17, 15) is 0 Å². The summed E-state index contributed by atoms with van der Waals surface area (Å²) in [5.41, 5.74) is 0.724. The van der Waals surface area contributed by atoms with Gasteiger partial charge >= 0.3 is 0 Å². The highest BCUT2D eigenvalue weighted by atomic mass is 15.0.